The number of carbonyl (C=O) groups excluding carboxylic acids is 2. The summed E-state index contributed by atoms with van der Waals surface area (Å²) in [5, 5.41) is 17.6. The number of thiophene rings is 1. The van der Waals surface area contributed by atoms with Crippen LogP contribution < -0.4 is 5.32 Å². The minimum absolute atomic E-state index is 0.107. The van der Waals surface area contributed by atoms with Crippen LogP contribution >= 0.6 is 11.3 Å². The highest BCUT2D eigenvalue weighted by atomic mass is 32.1. The number of hydrogen-bond acceptors (Lipinski definition) is 8. The van der Waals surface area contributed by atoms with Crippen LogP contribution in [0.2, 0.25) is 0 Å². The molecule has 1 saturated heterocycles. The van der Waals surface area contributed by atoms with Crippen LogP contribution in [0.25, 0.3) is 11.6 Å². The summed E-state index contributed by atoms with van der Waals surface area (Å²) in [6, 6.07) is 6.82. The second-order valence-corrected chi connectivity index (χ2v) is 10.5. The molecule has 2 amide bonds. The Hall–Kier alpha value is -3.05. The average molecular weight is 513 g/mol. The number of rotatable bonds is 9. The normalized spacial score (nSPS) is 19.3. The van der Waals surface area contributed by atoms with Crippen LogP contribution in [0.5, 0.6) is 0 Å². The van der Waals surface area contributed by atoms with Gasteiger partial charge in [0, 0.05) is 24.1 Å². The number of ether oxygens (including phenoxy) is 1. The first kappa shape index (κ1) is 24.6. The first-order valence-electron chi connectivity index (χ1n) is 12.7. The number of nitrogens with zero attached hydrogens (tertiary/aromatic N) is 5. The van der Waals surface area contributed by atoms with Crippen molar-refractivity contribution in [1.29, 1.82) is 0 Å². The van der Waals surface area contributed by atoms with Crippen LogP contribution in [0.1, 0.15) is 61.6 Å². The molecule has 0 bridgehead atoms. The van der Waals surface area contributed by atoms with E-state index in [4.69, 9.17) is 9.15 Å². The second kappa shape index (κ2) is 11.3. The van der Waals surface area contributed by atoms with Gasteiger partial charge in [-0.05, 0) is 61.4 Å². The van der Waals surface area contributed by atoms with E-state index in [1.165, 1.54) is 22.6 Å². The van der Waals surface area contributed by atoms with Gasteiger partial charge >= 0.3 is 0 Å². The third kappa shape index (κ3) is 5.84. The molecule has 1 saturated carbocycles. The molecule has 2 atom stereocenters. The Morgan fingerprint density at radius 1 is 1.19 bits per heavy atom. The molecule has 0 aromatic carbocycles. The molecule has 5 rings (SSSR count). The lowest BCUT2D eigenvalue weighted by molar-refractivity contribution is -0.143. The molecular formula is C25H32N6O4S. The van der Waals surface area contributed by atoms with E-state index in [0.29, 0.717) is 24.7 Å². The lowest BCUT2D eigenvalue weighted by Gasteiger charge is -2.33. The Morgan fingerprint density at radius 3 is 2.75 bits per heavy atom. The van der Waals surface area contributed by atoms with Crippen molar-refractivity contribution in [2.75, 3.05) is 13.2 Å². The average Bonchev–Trinajstić information content (AvgIpc) is 3.68. The molecule has 2 fully saturated rings. The van der Waals surface area contributed by atoms with Crippen molar-refractivity contribution in [2.45, 2.75) is 76.6 Å². The van der Waals surface area contributed by atoms with Crippen molar-refractivity contribution < 1.29 is 18.7 Å². The molecular weight excluding hydrogens is 480 g/mol. The van der Waals surface area contributed by atoms with E-state index in [-0.39, 0.29) is 30.5 Å². The number of hydrogen-bond donors (Lipinski definition) is 1. The van der Waals surface area contributed by atoms with Gasteiger partial charge in [0.05, 0.1) is 6.10 Å². The fourth-order valence-electron chi connectivity index (χ4n) is 4.93. The Balaban J connectivity index is 1.38. The summed E-state index contributed by atoms with van der Waals surface area (Å²) in [6.45, 7) is 2.70. The Kier molecular flexibility index (Phi) is 7.76. The van der Waals surface area contributed by atoms with Crippen molar-refractivity contribution >= 4 is 23.2 Å². The second-order valence-electron chi connectivity index (χ2n) is 9.50. The zero-order valence-electron chi connectivity index (χ0n) is 20.5. The SMILES string of the molecule is Cc1ccc(-c2nnn(CC(=O)N(C[C@H]3CCCO3)[C@@H](C(=O)NC3CCCCC3)c3cccs3)n2)o1. The van der Waals surface area contributed by atoms with Crippen LogP contribution in [-0.2, 0) is 20.9 Å². The molecule has 1 N–H and O–H groups in total. The molecule has 0 spiro atoms. The molecule has 36 heavy (non-hydrogen) atoms. The number of aryl methyl sites for hydroxylation is 1. The summed E-state index contributed by atoms with van der Waals surface area (Å²) in [4.78, 5) is 31.1. The van der Waals surface area contributed by atoms with Gasteiger partial charge in [0.1, 0.15) is 18.3 Å². The molecule has 1 aliphatic carbocycles. The van der Waals surface area contributed by atoms with Gasteiger partial charge in [-0.15, -0.1) is 21.5 Å². The number of amides is 2. The van der Waals surface area contributed by atoms with Gasteiger partial charge < -0.3 is 19.4 Å². The van der Waals surface area contributed by atoms with Crippen LogP contribution in [-0.4, -0.2) is 62.2 Å². The zero-order valence-corrected chi connectivity index (χ0v) is 21.3. The molecule has 3 aromatic rings. The molecule has 2 aliphatic rings. The van der Waals surface area contributed by atoms with Gasteiger partial charge in [-0.1, -0.05) is 25.3 Å². The maximum Gasteiger partial charge on any atom is 0.248 e. The standard InChI is InChI=1S/C25H32N6O4S/c1-17-11-12-20(35-17)24-27-29-31(28-24)16-22(32)30(15-19-9-5-13-34-19)23(21-10-6-14-36-21)25(33)26-18-7-3-2-4-8-18/h6,10-12,14,18-19,23H,2-5,7-9,13,15-16H2,1H3,(H,26,33)/t19-,23-/m1/s1. The predicted molar refractivity (Wildman–Crippen MR) is 133 cm³/mol. The van der Waals surface area contributed by atoms with Gasteiger partial charge in [-0.25, -0.2) is 0 Å². The van der Waals surface area contributed by atoms with Crippen molar-refractivity contribution in [2.24, 2.45) is 0 Å². The summed E-state index contributed by atoms with van der Waals surface area (Å²) in [6.07, 6.45) is 7.07. The molecule has 10 nitrogen and oxygen atoms in total. The predicted octanol–water partition coefficient (Wildman–Crippen LogP) is 3.50. The largest absolute Gasteiger partial charge is 0.458 e. The van der Waals surface area contributed by atoms with Gasteiger partial charge in [-0.3, -0.25) is 9.59 Å². The summed E-state index contributed by atoms with van der Waals surface area (Å²) < 4.78 is 11.4. The number of nitrogens with one attached hydrogen (secondary N) is 1. The maximum absolute atomic E-state index is 13.7. The summed E-state index contributed by atoms with van der Waals surface area (Å²) in [7, 11) is 0. The Labute approximate surface area is 214 Å². The van der Waals surface area contributed by atoms with Crippen molar-refractivity contribution in [1.82, 2.24) is 30.4 Å². The topological polar surface area (TPSA) is 115 Å². The first-order chi connectivity index (χ1) is 17.6. The summed E-state index contributed by atoms with van der Waals surface area (Å²) in [5.41, 5.74) is 0. The van der Waals surface area contributed by atoms with E-state index in [0.717, 1.165) is 49.2 Å². The number of tetrazole rings is 1. The summed E-state index contributed by atoms with van der Waals surface area (Å²) >= 11 is 1.48. The Morgan fingerprint density at radius 2 is 2.06 bits per heavy atom. The number of aromatic nitrogens is 4. The molecule has 11 heteroatoms. The van der Waals surface area contributed by atoms with E-state index in [1.54, 1.807) is 11.0 Å². The molecule has 4 heterocycles. The lowest BCUT2D eigenvalue weighted by Crippen LogP contribution is -2.49. The van der Waals surface area contributed by atoms with E-state index in [9.17, 15) is 9.59 Å². The van der Waals surface area contributed by atoms with Crippen molar-refractivity contribution in [3.63, 3.8) is 0 Å². The van der Waals surface area contributed by atoms with Crippen LogP contribution in [0.3, 0.4) is 0 Å². The monoisotopic (exact) mass is 512 g/mol. The fraction of sp³-hybridized carbons (Fsp3) is 0.560. The first-order valence-corrected chi connectivity index (χ1v) is 13.5. The maximum atomic E-state index is 13.7. The quantitative estimate of drug-likeness (QED) is 0.467. The highest BCUT2D eigenvalue weighted by Crippen LogP contribution is 2.29. The van der Waals surface area contributed by atoms with E-state index < -0.39 is 6.04 Å². The molecule has 0 radical (unpaired) electrons. The highest BCUT2D eigenvalue weighted by Gasteiger charge is 2.36. The third-order valence-corrected chi connectivity index (χ3v) is 7.68. The van der Waals surface area contributed by atoms with Gasteiger partial charge in [-0.2, -0.15) is 4.80 Å². The minimum Gasteiger partial charge on any atom is -0.458 e. The van der Waals surface area contributed by atoms with Gasteiger partial charge in [0.15, 0.2) is 5.76 Å². The summed E-state index contributed by atoms with van der Waals surface area (Å²) in [5.74, 6) is 1.14. The van der Waals surface area contributed by atoms with E-state index in [1.807, 2.05) is 30.5 Å². The van der Waals surface area contributed by atoms with Crippen LogP contribution in [0.4, 0.5) is 0 Å². The minimum atomic E-state index is -0.737. The van der Waals surface area contributed by atoms with E-state index in [2.05, 4.69) is 20.7 Å². The van der Waals surface area contributed by atoms with Crippen LogP contribution in [0, 0.1) is 6.92 Å². The molecule has 0 unspecified atom stereocenters. The van der Waals surface area contributed by atoms with Crippen molar-refractivity contribution in [3.05, 3.63) is 40.3 Å². The number of carbonyl (C=O) groups is 2. The molecule has 192 valence electrons. The zero-order chi connectivity index (χ0) is 24.9. The van der Waals surface area contributed by atoms with Gasteiger partial charge in [0.2, 0.25) is 17.6 Å². The highest BCUT2D eigenvalue weighted by molar-refractivity contribution is 7.10. The Bertz CT molecular complexity index is 1150. The van der Waals surface area contributed by atoms with E-state index >= 15 is 0 Å². The van der Waals surface area contributed by atoms with Crippen LogP contribution in [0.15, 0.2) is 34.1 Å². The van der Waals surface area contributed by atoms with Crippen molar-refractivity contribution in [3.8, 4) is 11.6 Å². The third-order valence-electron chi connectivity index (χ3n) is 6.76. The number of furan rings is 1. The molecule has 3 aromatic heterocycles. The van der Waals surface area contributed by atoms with Gasteiger partial charge in [0.25, 0.3) is 0 Å². The smallest absolute Gasteiger partial charge is 0.248 e. The lowest BCUT2D eigenvalue weighted by atomic mass is 9.95. The fourth-order valence-corrected chi connectivity index (χ4v) is 5.77. The molecule has 1 aliphatic heterocycles.